The summed E-state index contributed by atoms with van der Waals surface area (Å²) in [6, 6.07) is 8.17. The molecule has 7 nitrogen and oxygen atoms in total. The van der Waals surface area contributed by atoms with Crippen LogP contribution < -0.4 is 0 Å². The summed E-state index contributed by atoms with van der Waals surface area (Å²) in [7, 11) is 0. The maximum Gasteiger partial charge on any atom is 0.432 e. The number of aryl methyl sites for hydroxylation is 2. The number of carbonyl (C=O) groups is 1. The Labute approximate surface area is 213 Å². The smallest absolute Gasteiger partial charge is 0.432 e. The van der Waals surface area contributed by atoms with Crippen molar-refractivity contribution in [3.8, 4) is 22.3 Å². The van der Waals surface area contributed by atoms with Gasteiger partial charge in [-0.2, -0.15) is 13.2 Å². The molecule has 5 rings (SSSR count). The van der Waals surface area contributed by atoms with Gasteiger partial charge in [0, 0.05) is 29.1 Å². The monoisotopic (exact) mass is 524 g/mol. The van der Waals surface area contributed by atoms with Crippen molar-refractivity contribution >= 4 is 17.0 Å². The first-order chi connectivity index (χ1) is 18.0. The average molecular weight is 524 g/mol. The van der Waals surface area contributed by atoms with Gasteiger partial charge in [-0.05, 0) is 62.7 Å². The summed E-state index contributed by atoms with van der Waals surface area (Å²) in [6.07, 6.45) is -2.05. The SMILES string of the molecule is Cc1noc(C)c1-c1cnc2c(-c3cc(F)cc(C(=O)O)c3)c(C(F)(F)F)n([C@@H](C)c3ccccn3)c2c1. The zero-order chi connectivity index (χ0) is 27.4. The molecule has 0 radical (unpaired) electrons. The van der Waals surface area contributed by atoms with Crippen LogP contribution in [0.1, 0.15) is 46.2 Å². The fraction of sp³-hybridized carbons (Fsp3) is 0.185. The lowest BCUT2D eigenvalue weighted by atomic mass is 10.0. The number of carboxylic acids is 1. The summed E-state index contributed by atoms with van der Waals surface area (Å²) in [4.78, 5) is 20.2. The van der Waals surface area contributed by atoms with Crippen LogP contribution in [0.15, 0.2) is 59.4 Å². The minimum Gasteiger partial charge on any atom is -0.478 e. The molecule has 1 N–H and O–H groups in total. The predicted molar refractivity (Wildman–Crippen MR) is 130 cm³/mol. The second-order valence-electron chi connectivity index (χ2n) is 8.85. The largest absolute Gasteiger partial charge is 0.478 e. The molecule has 194 valence electrons. The minimum absolute atomic E-state index is 0.0717. The van der Waals surface area contributed by atoms with Crippen LogP contribution in [-0.2, 0) is 6.18 Å². The molecule has 0 aliphatic carbocycles. The average Bonchev–Trinajstić information content (AvgIpc) is 3.39. The van der Waals surface area contributed by atoms with Gasteiger partial charge in [-0.25, -0.2) is 9.18 Å². The van der Waals surface area contributed by atoms with Crippen molar-refractivity contribution in [1.29, 1.82) is 0 Å². The van der Waals surface area contributed by atoms with Gasteiger partial charge in [0.15, 0.2) is 0 Å². The number of carboxylic acid groups (broad SMARTS) is 1. The van der Waals surface area contributed by atoms with Crippen molar-refractivity contribution in [2.45, 2.75) is 33.0 Å². The van der Waals surface area contributed by atoms with E-state index in [1.807, 2.05) is 0 Å². The minimum atomic E-state index is -4.92. The number of hydrogen-bond donors (Lipinski definition) is 1. The summed E-state index contributed by atoms with van der Waals surface area (Å²) >= 11 is 0. The summed E-state index contributed by atoms with van der Waals surface area (Å²) in [5, 5.41) is 13.4. The first-order valence-electron chi connectivity index (χ1n) is 11.5. The number of nitrogens with zero attached hydrogens (tertiary/aromatic N) is 4. The van der Waals surface area contributed by atoms with Crippen LogP contribution in [0.4, 0.5) is 17.6 Å². The molecule has 0 bridgehead atoms. The molecule has 0 saturated heterocycles. The van der Waals surface area contributed by atoms with E-state index in [-0.39, 0.29) is 16.6 Å². The van der Waals surface area contributed by atoms with Gasteiger partial charge in [-0.1, -0.05) is 11.2 Å². The van der Waals surface area contributed by atoms with E-state index in [4.69, 9.17) is 4.52 Å². The van der Waals surface area contributed by atoms with E-state index in [0.29, 0.717) is 28.3 Å². The molecule has 0 unspecified atom stereocenters. The summed E-state index contributed by atoms with van der Waals surface area (Å²) in [5.41, 5.74) is -0.288. The highest BCUT2D eigenvalue weighted by Gasteiger charge is 2.42. The molecule has 1 atom stereocenters. The lowest BCUT2D eigenvalue weighted by Gasteiger charge is -2.21. The van der Waals surface area contributed by atoms with Gasteiger partial charge < -0.3 is 14.2 Å². The van der Waals surface area contributed by atoms with Crippen LogP contribution >= 0.6 is 0 Å². The van der Waals surface area contributed by atoms with E-state index in [9.17, 15) is 27.5 Å². The van der Waals surface area contributed by atoms with Crippen molar-refractivity contribution in [3.63, 3.8) is 0 Å². The molecular weight excluding hydrogens is 504 g/mol. The highest BCUT2D eigenvalue weighted by Crippen LogP contribution is 2.46. The van der Waals surface area contributed by atoms with Gasteiger partial charge in [0.2, 0.25) is 0 Å². The van der Waals surface area contributed by atoms with Crippen molar-refractivity contribution in [2.24, 2.45) is 0 Å². The molecule has 5 aromatic rings. The number of rotatable bonds is 5. The molecule has 0 aliphatic heterocycles. The van der Waals surface area contributed by atoms with Crippen molar-refractivity contribution in [3.05, 3.63) is 89.1 Å². The molecule has 0 fully saturated rings. The number of aromatic carboxylic acids is 1. The van der Waals surface area contributed by atoms with Crippen molar-refractivity contribution in [1.82, 2.24) is 19.7 Å². The van der Waals surface area contributed by atoms with Crippen LogP contribution in [0.3, 0.4) is 0 Å². The van der Waals surface area contributed by atoms with Crippen molar-refractivity contribution in [2.75, 3.05) is 0 Å². The predicted octanol–water partition coefficient (Wildman–Crippen LogP) is 6.84. The summed E-state index contributed by atoms with van der Waals surface area (Å²) < 4.78 is 65.4. The standard InChI is InChI=1S/C27H20F4N4O3/c1-13-22(15(3)38-34-13)18-11-21-24(33-12-18)23(16-8-17(26(36)37)10-19(28)9-16)25(27(29,30)31)35(21)14(2)20-6-4-5-7-32-20/h4-12,14H,1-3H3,(H,36,37)/t14-/m0/s1. The number of benzene rings is 1. The quantitative estimate of drug-likeness (QED) is 0.253. The van der Waals surface area contributed by atoms with Crippen molar-refractivity contribution < 1.29 is 32.0 Å². The Balaban J connectivity index is 1.92. The van der Waals surface area contributed by atoms with Gasteiger partial charge >= 0.3 is 12.1 Å². The maximum absolute atomic E-state index is 14.9. The van der Waals surface area contributed by atoms with E-state index in [1.54, 1.807) is 45.0 Å². The van der Waals surface area contributed by atoms with E-state index >= 15 is 0 Å². The zero-order valence-corrected chi connectivity index (χ0v) is 20.3. The van der Waals surface area contributed by atoms with Crippen LogP contribution in [0.2, 0.25) is 0 Å². The van der Waals surface area contributed by atoms with Gasteiger partial charge in [0.25, 0.3) is 0 Å². The van der Waals surface area contributed by atoms with Crippen LogP contribution in [-0.4, -0.2) is 30.8 Å². The van der Waals surface area contributed by atoms with Crippen LogP contribution in [0.25, 0.3) is 33.3 Å². The third-order valence-corrected chi connectivity index (χ3v) is 6.37. The fourth-order valence-corrected chi connectivity index (χ4v) is 4.78. The molecule has 38 heavy (non-hydrogen) atoms. The number of halogens is 4. The molecule has 0 saturated carbocycles. The molecule has 4 aromatic heterocycles. The van der Waals surface area contributed by atoms with Gasteiger partial charge in [-0.3, -0.25) is 9.97 Å². The van der Waals surface area contributed by atoms with Gasteiger partial charge in [-0.15, -0.1) is 0 Å². The van der Waals surface area contributed by atoms with E-state index in [0.717, 1.165) is 22.8 Å². The van der Waals surface area contributed by atoms with Crippen LogP contribution in [0, 0.1) is 19.7 Å². The normalized spacial score (nSPS) is 12.7. The Morgan fingerprint density at radius 3 is 2.42 bits per heavy atom. The topological polar surface area (TPSA) is 94.0 Å². The van der Waals surface area contributed by atoms with Gasteiger partial charge in [0.05, 0.1) is 34.0 Å². The molecule has 0 spiro atoms. The summed E-state index contributed by atoms with van der Waals surface area (Å²) in [6.45, 7) is 4.96. The number of hydrogen-bond acceptors (Lipinski definition) is 5. The van der Waals surface area contributed by atoms with E-state index in [2.05, 4.69) is 15.1 Å². The highest BCUT2D eigenvalue weighted by molar-refractivity contribution is 5.99. The Morgan fingerprint density at radius 2 is 1.82 bits per heavy atom. The Bertz CT molecular complexity index is 1670. The molecule has 0 aliphatic rings. The molecule has 4 heterocycles. The van der Waals surface area contributed by atoms with E-state index < -0.39 is 40.8 Å². The van der Waals surface area contributed by atoms with Gasteiger partial charge in [0.1, 0.15) is 17.3 Å². The molecule has 0 amide bonds. The number of alkyl halides is 3. The van der Waals surface area contributed by atoms with E-state index in [1.165, 1.54) is 12.4 Å². The number of fused-ring (bicyclic) bond motifs is 1. The molecule has 11 heteroatoms. The molecule has 1 aromatic carbocycles. The summed E-state index contributed by atoms with van der Waals surface area (Å²) in [5.74, 6) is -2.00. The lowest BCUT2D eigenvalue weighted by Crippen LogP contribution is -2.19. The fourth-order valence-electron chi connectivity index (χ4n) is 4.78. The first-order valence-corrected chi connectivity index (χ1v) is 11.5. The second-order valence-corrected chi connectivity index (χ2v) is 8.85. The number of pyridine rings is 2. The Morgan fingerprint density at radius 1 is 1.05 bits per heavy atom. The van der Waals surface area contributed by atoms with Crippen LogP contribution in [0.5, 0.6) is 0 Å². The number of aromatic nitrogens is 4. The third-order valence-electron chi connectivity index (χ3n) is 6.37. The highest BCUT2D eigenvalue weighted by atomic mass is 19.4. The Kier molecular flexibility index (Phi) is 6.01. The second kappa shape index (κ2) is 9.09. The zero-order valence-electron chi connectivity index (χ0n) is 20.3. The first kappa shape index (κ1) is 25.1. The molecular formula is C27H20F4N4O3. The lowest BCUT2D eigenvalue weighted by molar-refractivity contribution is -0.143. The Hall–Kier alpha value is -4.54. The maximum atomic E-state index is 14.9. The third kappa shape index (κ3) is 4.19.